The summed E-state index contributed by atoms with van der Waals surface area (Å²) in [6.45, 7) is 0. The molecule has 0 fully saturated rings. The van der Waals surface area contributed by atoms with Gasteiger partial charge < -0.3 is 4.90 Å². The normalized spacial score (nSPS) is 11.3. The monoisotopic (exact) mass is 629 g/mol. The summed E-state index contributed by atoms with van der Waals surface area (Å²) < 4.78 is 2.61. The second-order valence-electron chi connectivity index (χ2n) is 12.1. The average molecular weight is 630 g/mol. The van der Waals surface area contributed by atoms with Crippen LogP contribution in [0, 0.1) is 0 Å². The van der Waals surface area contributed by atoms with Crippen LogP contribution in [0.3, 0.4) is 0 Å². The van der Waals surface area contributed by atoms with Crippen LogP contribution in [0.1, 0.15) is 0 Å². The highest BCUT2D eigenvalue weighted by molar-refractivity contribution is 7.27. The van der Waals surface area contributed by atoms with Crippen molar-refractivity contribution in [2.24, 2.45) is 0 Å². The number of benzene rings is 8. The second kappa shape index (κ2) is 12.0. The van der Waals surface area contributed by atoms with Gasteiger partial charge in [0.2, 0.25) is 0 Å². The van der Waals surface area contributed by atoms with Gasteiger partial charge in [0.15, 0.2) is 0 Å². The van der Waals surface area contributed by atoms with Crippen molar-refractivity contribution in [2.75, 3.05) is 4.90 Å². The molecule has 0 atom stereocenters. The summed E-state index contributed by atoms with van der Waals surface area (Å²) in [5.74, 6) is 0. The second-order valence-corrected chi connectivity index (χ2v) is 13.2. The lowest BCUT2D eigenvalue weighted by molar-refractivity contribution is 1.30. The number of hydrogen-bond donors (Lipinski definition) is 0. The Morgan fingerprint density at radius 1 is 0.312 bits per heavy atom. The molecule has 9 aromatic rings. The molecule has 0 aliphatic rings. The maximum absolute atomic E-state index is 2.42. The predicted octanol–water partition coefficient (Wildman–Crippen LogP) is 13.7. The van der Waals surface area contributed by atoms with Gasteiger partial charge in [-0.2, -0.15) is 0 Å². The van der Waals surface area contributed by atoms with Crippen molar-refractivity contribution in [2.45, 2.75) is 0 Å². The van der Waals surface area contributed by atoms with E-state index in [1.165, 1.54) is 70.0 Å². The first-order valence-electron chi connectivity index (χ1n) is 16.4. The molecule has 2 heteroatoms. The molecule has 0 amide bonds. The molecule has 1 aromatic heterocycles. The van der Waals surface area contributed by atoms with E-state index in [0.29, 0.717) is 0 Å². The van der Waals surface area contributed by atoms with E-state index in [9.17, 15) is 0 Å². The van der Waals surface area contributed by atoms with Crippen LogP contribution in [0.25, 0.3) is 64.3 Å². The Hall–Kier alpha value is -5.96. The van der Waals surface area contributed by atoms with Crippen molar-refractivity contribution in [3.8, 4) is 33.4 Å². The van der Waals surface area contributed by atoms with Gasteiger partial charge in [0.25, 0.3) is 0 Å². The van der Waals surface area contributed by atoms with E-state index in [-0.39, 0.29) is 0 Å². The Bertz CT molecular complexity index is 2530. The lowest BCUT2D eigenvalue weighted by Gasteiger charge is -2.26. The first kappa shape index (κ1) is 28.3. The Balaban J connectivity index is 1.22. The highest BCUT2D eigenvalue weighted by Gasteiger charge is 2.20. The summed E-state index contributed by atoms with van der Waals surface area (Å²) >= 11 is 1.90. The van der Waals surface area contributed by atoms with Crippen LogP contribution < -0.4 is 4.90 Å². The lowest BCUT2D eigenvalue weighted by atomic mass is 9.95. The Labute approximate surface area is 284 Å². The topological polar surface area (TPSA) is 3.24 Å². The van der Waals surface area contributed by atoms with E-state index >= 15 is 0 Å². The largest absolute Gasteiger partial charge is 0.309 e. The number of thiophene rings is 1. The Morgan fingerprint density at radius 2 is 0.812 bits per heavy atom. The summed E-state index contributed by atoms with van der Waals surface area (Å²) in [6.07, 6.45) is 0. The fourth-order valence-electron chi connectivity index (χ4n) is 6.95. The van der Waals surface area contributed by atoms with Crippen molar-refractivity contribution in [3.63, 3.8) is 0 Å². The molecule has 8 aromatic carbocycles. The van der Waals surface area contributed by atoms with Gasteiger partial charge in [-0.1, -0.05) is 152 Å². The van der Waals surface area contributed by atoms with E-state index in [1.807, 2.05) is 11.3 Å². The van der Waals surface area contributed by atoms with Gasteiger partial charge in [-0.3, -0.25) is 0 Å². The van der Waals surface area contributed by atoms with Crippen LogP contribution in [-0.2, 0) is 0 Å². The number of fused-ring (bicyclic) bond motifs is 5. The van der Waals surface area contributed by atoms with Gasteiger partial charge in [0.1, 0.15) is 0 Å². The van der Waals surface area contributed by atoms with Crippen molar-refractivity contribution in [1.82, 2.24) is 0 Å². The number of anilines is 3. The van der Waals surface area contributed by atoms with E-state index < -0.39 is 0 Å². The molecule has 0 saturated heterocycles. The third-order valence-corrected chi connectivity index (χ3v) is 10.5. The molecule has 0 spiro atoms. The molecule has 0 N–H and O–H groups in total. The first-order chi connectivity index (χ1) is 23.8. The molecule has 0 saturated carbocycles. The van der Waals surface area contributed by atoms with Gasteiger partial charge >= 0.3 is 0 Å². The highest BCUT2D eigenvalue weighted by atomic mass is 32.1. The third-order valence-electron chi connectivity index (χ3n) is 9.25. The van der Waals surface area contributed by atoms with Crippen molar-refractivity contribution >= 4 is 59.3 Å². The van der Waals surface area contributed by atoms with Crippen LogP contribution in [0.4, 0.5) is 17.1 Å². The van der Waals surface area contributed by atoms with E-state index in [2.05, 4.69) is 193 Å². The summed E-state index contributed by atoms with van der Waals surface area (Å²) in [5, 5.41) is 5.17. The zero-order chi connectivity index (χ0) is 31.9. The SMILES string of the molecule is c1ccc(-c2ccc(-c3cccc(N(c4ccccc4)c4cccc5c4sc4c6ccccc6c(-c6ccccc6)cc54)c3)cc2)cc1. The zero-order valence-electron chi connectivity index (χ0n) is 26.3. The van der Waals surface area contributed by atoms with Crippen LogP contribution in [-0.4, -0.2) is 0 Å². The molecule has 48 heavy (non-hydrogen) atoms. The highest BCUT2D eigenvalue weighted by Crippen LogP contribution is 2.48. The molecule has 0 aliphatic heterocycles. The molecule has 0 bridgehead atoms. The molecule has 0 radical (unpaired) electrons. The number of para-hydroxylation sites is 1. The van der Waals surface area contributed by atoms with Gasteiger partial charge in [0, 0.05) is 32.2 Å². The summed E-state index contributed by atoms with van der Waals surface area (Å²) in [4.78, 5) is 2.42. The van der Waals surface area contributed by atoms with Crippen molar-refractivity contribution in [3.05, 3.63) is 188 Å². The molecular weight excluding hydrogens is 599 g/mol. The van der Waals surface area contributed by atoms with Crippen LogP contribution in [0.15, 0.2) is 188 Å². The van der Waals surface area contributed by atoms with Gasteiger partial charge in [-0.25, -0.2) is 0 Å². The van der Waals surface area contributed by atoms with Crippen LogP contribution in [0.2, 0.25) is 0 Å². The van der Waals surface area contributed by atoms with E-state index in [0.717, 1.165) is 11.4 Å². The summed E-state index contributed by atoms with van der Waals surface area (Å²) in [7, 11) is 0. The van der Waals surface area contributed by atoms with E-state index in [4.69, 9.17) is 0 Å². The Morgan fingerprint density at radius 3 is 1.54 bits per heavy atom. The van der Waals surface area contributed by atoms with Crippen molar-refractivity contribution in [1.29, 1.82) is 0 Å². The molecular formula is C46H31NS. The molecule has 226 valence electrons. The molecule has 0 unspecified atom stereocenters. The van der Waals surface area contributed by atoms with Crippen LogP contribution >= 0.6 is 11.3 Å². The summed E-state index contributed by atoms with van der Waals surface area (Å²) in [6, 6.07) is 67.9. The van der Waals surface area contributed by atoms with Gasteiger partial charge in [-0.05, 0) is 75.2 Å². The van der Waals surface area contributed by atoms with Crippen molar-refractivity contribution < 1.29 is 0 Å². The zero-order valence-corrected chi connectivity index (χ0v) is 27.1. The van der Waals surface area contributed by atoms with Gasteiger partial charge in [-0.15, -0.1) is 11.3 Å². The summed E-state index contributed by atoms with van der Waals surface area (Å²) in [5.41, 5.74) is 10.8. The van der Waals surface area contributed by atoms with E-state index in [1.54, 1.807) is 0 Å². The molecule has 1 heterocycles. The quantitative estimate of drug-likeness (QED) is 0.177. The smallest absolute Gasteiger partial charge is 0.0640 e. The molecule has 9 rings (SSSR count). The first-order valence-corrected chi connectivity index (χ1v) is 17.2. The lowest BCUT2D eigenvalue weighted by Crippen LogP contribution is -2.10. The minimum Gasteiger partial charge on any atom is -0.309 e. The number of nitrogens with zero attached hydrogens (tertiary/aromatic N) is 1. The maximum Gasteiger partial charge on any atom is 0.0640 e. The minimum absolute atomic E-state index is 1.13. The average Bonchev–Trinajstić information content (AvgIpc) is 3.56. The molecule has 1 nitrogen and oxygen atoms in total. The predicted molar refractivity (Wildman–Crippen MR) is 208 cm³/mol. The number of hydrogen-bond acceptors (Lipinski definition) is 2. The minimum atomic E-state index is 1.13. The molecule has 0 aliphatic carbocycles. The number of rotatable bonds is 6. The standard InChI is InChI=1S/C46H31NS/c1-4-14-32(15-5-1)33-26-28-34(29-27-33)36-18-12-21-38(30-36)47(37-19-8-3-9-20-37)44-25-13-24-41-43-31-42(35-16-6-2-7-17-35)39-22-10-11-23-40(39)45(43)48-46(41)44/h1-31H. The van der Waals surface area contributed by atoms with Crippen LogP contribution in [0.5, 0.6) is 0 Å². The Kier molecular flexibility index (Phi) is 7.07. The maximum atomic E-state index is 2.42. The fraction of sp³-hybridized carbons (Fsp3) is 0. The third kappa shape index (κ3) is 4.95. The van der Waals surface area contributed by atoms with Gasteiger partial charge in [0.05, 0.1) is 10.4 Å². The fourth-order valence-corrected chi connectivity index (χ4v) is 8.27.